The highest BCUT2D eigenvalue weighted by Crippen LogP contribution is 2.24. The van der Waals surface area contributed by atoms with Crippen molar-refractivity contribution in [2.45, 2.75) is 52.4 Å². The number of aliphatic hydroxyl groups excluding tert-OH is 1. The topological polar surface area (TPSA) is 20.2 Å². The Balaban J connectivity index is 2.49. The molecule has 0 aliphatic heterocycles. The molecule has 1 aromatic carbocycles. The second kappa shape index (κ2) is 9.55. The van der Waals surface area contributed by atoms with Crippen molar-refractivity contribution in [1.82, 2.24) is 0 Å². The highest BCUT2D eigenvalue weighted by molar-refractivity contribution is 9.10. The summed E-state index contributed by atoms with van der Waals surface area (Å²) in [6.07, 6.45) is 7.28. The summed E-state index contributed by atoms with van der Waals surface area (Å²) in [5.41, 5.74) is 1.33. The molecule has 1 nitrogen and oxygen atoms in total. The summed E-state index contributed by atoms with van der Waals surface area (Å²) >= 11 is 3.46. The Kier molecular flexibility index (Phi) is 8.40. The Hall–Kier alpha value is -0.340. The molecular weight excluding hydrogens is 300 g/mol. The number of halogens is 1. The molecule has 0 bridgehead atoms. The smallest absolute Gasteiger partial charge is 0.0462 e. The molecule has 1 N–H and O–H groups in total. The van der Waals surface area contributed by atoms with Gasteiger partial charge in [0.15, 0.2) is 0 Å². The van der Waals surface area contributed by atoms with Gasteiger partial charge in [0.05, 0.1) is 0 Å². The van der Waals surface area contributed by atoms with E-state index in [2.05, 4.69) is 54.0 Å². The van der Waals surface area contributed by atoms with Gasteiger partial charge >= 0.3 is 0 Å². The van der Waals surface area contributed by atoms with E-state index in [-0.39, 0.29) is 0 Å². The van der Waals surface area contributed by atoms with E-state index < -0.39 is 0 Å². The van der Waals surface area contributed by atoms with Crippen LogP contribution in [0.25, 0.3) is 0 Å². The Morgan fingerprint density at radius 3 is 2.32 bits per heavy atom. The average molecular weight is 327 g/mol. The third kappa shape index (κ3) is 6.58. The molecule has 19 heavy (non-hydrogen) atoms. The van der Waals surface area contributed by atoms with Gasteiger partial charge in [0.1, 0.15) is 0 Å². The van der Waals surface area contributed by atoms with Crippen molar-refractivity contribution in [3.63, 3.8) is 0 Å². The van der Waals surface area contributed by atoms with Crippen LogP contribution in [-0.4, -0.2) is 11.7 Å². The molecule has 2 unspecified atom stereocenters. The van der Waals surface area contributed by atoms with Crippen molar-refractivity contribution in [2.24, 2.45) is 11.8 Å². The molecule has 0 heterocycles. The van der Waals surface area contributed by atoms with Crippen LogP contribution in [0, 0.1) is 11.8 Å². The number of hydrogen-bond donors (Lipinski definition) is 1. The van der Waals surface area contributed by atoms with Gasteiger partial charge in [-0.1, -0.05) is 67.6 Å². The van der Waals surface area contributed by atoms with E-state index in [4.69, 9.17) is 0 Å². The molecular formula is C17H27BrO. The van der Waals surface area contributed by atoms with Crippen LogP contribution < -0.4 is 0 Å². The first-order chi connectivity index (χ1) is 9.19. The zero-order valence-electron chi connectivity index (χ0n) is 12.2. The second-order valence-corrected chi connectivity index (χ2v) is 6.45. The Bertz CT molecular complexity index is 334. The lowest BCUT2D eigenvalue weighted by Gasteiger charge is -2.21. The minimum absolute atomic E-state index is 0.304. The fraction of sp³-hybridized carbons (Fsp3) is 0.647. The quantitative estimate of drug-likeness (QED) is 0.660. The van der Waals surface area contributed by atoms with E-state index in [1.54, 1.807) is 0 Å². The van der Waals surface area contributed by atoms with Crippen molar-refractivity contribution < 1.29 is 5.11 Å². The minimum atomic E-state index is 0.304. The Labute approximate surface area is 126 Å². The van der Waals surface area contributed by atoms with Gasteiger partial charge in [0.25, 0.3) is 0 Å². The molecule has 1 aromatic rings. The monoisotopic (exact) mass is 326 g/mol. The first-order valence-electron chi connectivity index (χ1n) is 7.54. The number of rotatable bonds is 9. The first-order valence-corrected chi connectivity index (χ1v) is 8.34. The van der Waals surface area contributed by atoms with Crippen molar-refractivity contribution in [3.05, 3.63) is 34.3 Å². The van der Waals surface area contributed by atoms with E-state index >= 15 is 0 Å². The van der Waals surface area contributed by atoms with Crippen LogP contribution in [-0.2, 0) is 6.42 Å². The average Bonchev–Trinajstić information content (AvgIpc) is 2.44. The highest BCUT2D eigenvalue weighted by Gasteiger charge is 2.15. The molecule has 0 radical (unpaired) electrons. The largest absolute Gasteiger partial charge is 0.396 e. The third-order valence-corrected chi connectivity index (χ3v) is 4.43. The van der Waals surface area contributed by atoms with Gasteiger partial charge in [-0.2, -0.15) is 0 Å². The summed E-state index contributed by atoms with van der Waals surface area (Å²) in [5.74, 6) is 1.18. The summed E-state index contributed by atoms with van der Waals surface area (Å²) in [6.45, 7) is 4.82. The van der Waals surface area contributed by atoms with Crippen molar-refractivity contribution in [2.75, 3.05) is 6.61 Å². The predicted octanol–water partition coefficient (Wildman–Crippen LogP) is 5.21. The zero-order valence-corrected chi connectivity index (χ0v) is 13.8. The third-order valence-electron chi connectivity index (χ3n) is 3.91. The van der Waals surface area contributed by atoms with Gasteiger partial charge in [0.2, 0.25) is 0 Å². The fourth-order valence-electron chi connectivity index (χ4n) is 2.63. The van der Waals surface area contributed by atoms with Gasteiger partial charge < -0.3 is 5.11 Å². The molecule has 2 heteroatoms. The standard InChI is InChI=1S/C17H27BrO/c1-3-5-6-14(4-2)11-16(13-19)12-15-7-9-17(18)10-8-15/h7-10,14,16,19H,3-6,11-13H2,1-2H3. The first kappa shape index (κ1) is 16.7. The van der Waals surface area contributed by atoms with Gasteiger partial charge in [-0.3, -0.25) is 0 Å². The van der Waals surface area contributed by atoms with E-state index in [0.717, 1.165) is 23.2 Å². The maximum atomic E-state index is 9.60. The van der Waals surface area contributed by atoms with Gasteiger partial charge in [0, 0.05) is 11.1 Å². The van der Waals surface area contributed by atoms with Gasteiger partial charge in [-0.15, -0.1) is 0 Å². The summed E-state index contributed by atoms with van der Waals surface area (Å²) < 4.78 is 1.12. The molecule has 0 spiro atoms. The summed E-state index contributed by atoms with van der Waals surface area (Å²) in [7, 11) is 0. The SMILES string of the molecule is CCCCC(CC)CC(CO)Cc1ccc(Br)cc1. The Morgan fingerprint density at radius 1 is 1.11 bits per heavy atom. The summed E-state index contributed by atoms with van der Waals surface area (Å²) in [5, 5.41) is 9.60. The maximum absolute atomic E-state index is 9.60. The van der Waals surface area contributed by atoms with Crippen LogP contribution in [0.2, 0.25) is 0 Å². The number of benzene rings is 1. The molecule has 0 aromatic heterocycles. The zero-order chi connectivity index (χ0) is 14.1. The van der Waals surface area contributed by atoms with E-state index in [0.29, 0.717) is 12.5 Å². The molecule has 0 aliphatic rings. The molecule has 2 atom stereocenters. The van der Waals surface area contributed by atoms with Gasteiger partial charge in [-0.25, -0.2) is 0 Å². The predicted molar refractivity (Wildman–Crippen MR) is 86.3 cm³/mol. The molecule has 108 valence electrons. The van der Waals surface area contributed by atoms with Crippen LogP contribution in [0.5, 0.6) is 0 Å². The lowest BCUT2D eigenvalue weighted by molar-refractivity contribution is 0.194. The fourth-order valence-corrected chi connectivity index (χ4v) is 2.89. The lowest BCUT2D eigenvalue weighted by Crippen LogP contribution is -2.15. The number of hydrogen-bond acceptors (Lipinski definition) is 1. The summed E-state index contributed by atoms with van der Waals surface area (Å²) in [6, 6.07) is 8.47. The van der Waals surface area contributed by atoms with Crippen LogP contribution in [0.1, 0.15) is 51.5 Å². The van der Waals surface area contributed by atoms with Gasteiger partial charge in [-0.05, 0) is 42.4 Å². The molecule has 0 saturated carbocycles. The van der Waals surface area contributed by atoms with Crippen LogP contribution in [0.3, 0.4) is 0 Å². The Morgan fingerprint density at radius 2 is 1.79 bits per heavy atom. The minimum Gasteiger partial charge on any atom is -0.396 e. The van der Waals surface area contributed by atoms with E-state index in [1.807, 2.05) is 0 Å². The highest BCUT2D eigenvalue weighted by atomic mass is 79.9. The number of unbranched alkanes of at least 4 members (excludes halogenated alkanes) is 1. The lowest BCUT2D eigenvalue weighted by atomic mass is 9.86. The van der Waals surface area contributed by atoms with E-state index in [9.17, 15) is 5.11 Å². The molecule has 0 aliphatic carbocycles. The van der Waals surface area contributed by atoms with Crippen LogP contribution in [0.15, 0.2) is 28.7 Å². The van der Waals surface area contributed by atoms with Crippen molar-refractivity contribution in [1.29, 1.82) is 0 Å². The maximum Gasteiger partial charge on any atom is 0.0462 e. The van der Waals surface area contributed by atoms with E-state index in [1.165, 1.54) is 31.2 Å². The number of aliphatic hydroxyl groups is 1. The van der Waals surface area contributed by atoms with Crippen LogP contribution >= 0.6 is 15.9 Å². The van der Waals surface area contributed by atoms with Crippen LogP contribution in [0.4, 0.5) is 0 Å². The molecule has 0 saturated heterocycles. The second-order valence-electron chi connectivity index (χ2n) is 5.53. The molecule has 1 rings (SSSR count). The normalized spacial score (nSPS) is 14.3. The molecule has 0 amide bonds. The van der Waals surface area contributed by atoms with Crippen molar-refractivity contribution >= 4 is 15.9 Å². The molecule has 0 fully saturated rings. The summed E-state index contributed by atoms with van der Waals surface area (Å²) in [4.78, 5) is 0. The van der Waals surface area contributed by atoms with Crippen molar-refractivity contribution in [3.8, 4) is 0 Å².